The summed E-state index contributed by atoms with van der Waals surface area (Å²) in [6.07, 6.45) is 2.06. The molecular weight excluding hydrogens is 270 g/mol. The molecule has 1 aromatic rings. The maximum Gasteiger partial charge on any atom is 0.316 e. The van der Waals surface area contributed by atoms with Crippen molar-refractivity contribution in [3.63, 3.8) is 0 Å². The number of fused-ring (bicyclic) bond motifs is 1. The average molecular weight is 293 g/mol. The molecule has 110 valence electrons. The number of carbonyl (C=O) groups is 1. The van der Waals surface area contributed by atoms with Crippen LogP contribution >= 0.6 is 11.8 Å². The zero-order valence-electron chi connectivity index (χ0n) is 12.4. The number of ether oxygens (including phenoxy) is 1. The molecule has 2 rings (SSSR count). The van der Waals surface area contributed by atoms with Gasteiger partial charge in [-0.15, -0.1) is 11.8 Å². The van der Waals surface area contributed by atoms with Crippen molar-refractivity contribution in [2.24, 2.45) is 5.73 Å². The number of nitrogens with two attached hydrogens (primary N) is 1. The lowest BCUT2D eigenvalue weighted by atomic mass is 9.88. The third-order valence-electron chi connectivity index (χ3n) is 3.35. The Balaban J connectivity index is 1.91. The Kier molecular flexibility index (Phi) is 4.76. The smallest absolute Gasteiger partial charge is 0.316 e. The molecule has 0 radical (unpaired) electrons. The molecule has 0 aliphatic heterocycles. The predicted octanol–water partition coefficient (Wildman–Crippen LogP) is 3.08. The highest BCUT2D eigenvalue weighted by Crippen LogP contribution is 2.35. The molecule has 0 aromatic heterocycles. The number of hydrogen-bond donors (Lipinski definition) is 1. The molecule has 0 saturated carbocycles. The fourth-order valence-corrected chi connectivity index (χ4v) is 3.55. The first-order valence-corrected chi connectivity index (χ1v) is 8.08. The van der Waals surface area contributed by atoms with Crippen LogP contribution in [0.3, 0.4) is 0 Å². The second-order valence-electron chi connectivity index (χ2n) is 6.20. The Labute approximate surface area is 125 Å². The van der Waals surface area contributed by atoms with Gasteiger partial charge >= 0.3 is 5.97 Å². The van der Waals surface area contributed by atoms with Crippen LogP contribution in [0.4, 0.5) is 0 Å². The Morgan fingerprint density at radius 3 is 2.80 bits per heavy atom. The molecule has 2 unspecified atom stereocenters. The molecule has 2 atom stereocenters. The molecule has 1 aliphatic carbocycles. The van der Waals surface area contributed by atoms with E-state index in [-0.39, 0.29) is 17.3 Å². The second kappa shape index (κ2) is 6.19. The van der Waals surface area contributed by atoms with Gasteiger partial charge in [-0.05, 0) is 44.7 Å². The molecular formula is C16H23NO2S. The predicted molar refractivity (Wildman–Crippen MR) is 83.8 cm³/mol. The van der Waals surface area contributed by atoms with E-state index in [9.17, 15) is 4.79 Å². The monoisotopic (exact) mass is 293 g/mol. The van der Waals surface area contributed by atoms with Crippen molar-refractivity contribution in [2.75, 3.05) is 5.75 Å². The lowest BCUT2D eigenvalue weighted by Crippen LogP contribution is -2.31. The quantitative estimate of drug-likeness (QED) is 0.870. The van der Waals surface area contributed by atoms with E-state index in [0.717, 1.165) is 12.8 Å². The summed E-state index contributed by atoms with van der Waals surface area (Å²) in [7, 11) is 0. The van der Waals surface area contributed by atoms with Gasteiger partial charge in [0.05, 0.1) is 5.75 Å². The molecule has 20 heavy (non-hydrogen) atoms. The van der Waals surface area contributed by atoms with Crippen molar-refractivity contribution >= 4 is 17.7 Å². The van der Waals surface area contributed by atoms with Gasteiger partial charge in [0, 0.05) is 11.3 Å². The number of esters is 1. The average Bonchev–Trinajstić information content (AvgIpc) is 2.36. The Morgan fingerprint density at radius 2 is 2.10 bits per heavy atom. The van der Waals surface area contributed by atoms with Crippen molar-refractivity contribution in [3.05, 3.63) is 35.4 Å². The summed E-state index contributed by atoms with van der Waals surface area (Å²) in [4.78, 5) is 11.8. The molecule has 1 aromatic carbocycles. The van der Waals surface area contributed by atoms with Gasteiger partial charge in [-0.1, -0.05) is 24.3 Å². The van der Waals surface area contributed by atoms with Crippen LogP contribution in [-0.2, 0) is 16.0 Å². The second-order valence-corrected chi connectivity index (χ2v) is 7.43. The van der Waals surface area contributed by atoms with E-state index in [0.29, 0.717) is 5.75 Å². The number of rotatable bonds is 3. The van der Waals surface area contributed by atoms with Crippen LogP contribution < -0.4 is 5.73 Å². The fourth-order valence-electron chi connectivity index (χ4n) is 2.50. The van der Waals surface area contributed by atoms with Gasteiger partial charge in [-0.3, -0.25) is 4.79 Å². The Hall–Kier alpha value is -1.00. The summed E-state index contributed by atoms with van der Waals surface area (Å²) in [5, 5.41) is 0.289. The van der Waals surface area contributed by atoms with E-state index in [4.69, 9.17) is 10.5 Å². The van der Waals surface area contributed by atoms with E-state index in [1.54, 1.807) is 11.8 Å². The van der Waals surface area contributed by atoms with Crippen LogP contribution in [0.25, 0.3) is 0 Å². The van der Waals surface area contributed by atoms with Crippen molar-refractivity contribution in [1.29, 1.82) is 0 Å². The maximum absolute atomic E-state index is 11.8. The van der Waals surface area contributed by atoms with Gasteiger partial charge in [0.2, 0.25) is 0 Å². The third kappa shape index (κ3) is 4.00. The highest BCUT2D eigenvalue weighted by atomic mass is 32.2. The van der Waals surface area contributed by atoms with E-state index < -0.39 is 5.60 Å². The summed E-state index contributed by atoms with van der Waals surface area (Å²) in [6.45, 7) is 5.66. The molecule has 2 N–H and O–H groups in total. The minimum Gasteiger partial charge on any atom is -0.459 e. The first-order valence-electron chi connectivity index (χ1n) is 7.03. The van der Waals surface area contributed by atoms with Gasteiger partial charge in [-0.25, -0.2) is 0 Å². The van der Waals surface area contributed by atoms with Gasteiger partial charge in [-0.2, -0.15) is 0 Å². The largest absolute Gasteiger partial charge is 0.459 e. The van der Waals surface area contributed by atoms with Crippen LogP contribution in [0.1, 0.15) is 44.4 Å². The van der Waals surface area contributed by atoms with E-state index in [2.05, 4.69) is 18.2 Å². The molecule has 1 aliphatic rings. The topological polar surface area (TPSA) is 52.3 Å². The first kappa shape index (κ1) is 15.4. The van der Waals surface area contributed by atoms with Gasteiger partial charge in [0.1, 0.15) is 5.60 Å². The van der Waals surface area contributed by atoms with Crippen LogP contribution in [0.5, 0.6) is 0 Å². The number of benzene rings is 1. The van der Waals surface area contributed by atoms with E-state index in [1.807, 2.05) is 26.8 Å². The van der Waals surface area contributed by atoms with Crippen molar-refractivity contribution in [3.8, 4) is 0 Å². The van der Waals surface area contributed by atoms with Crippen molar-refractivity contribution in [1.82, 2.24) is 0 Å². The minimum atomic E-state index is -0.418. The summed E-state index contributed by atoms with van der Waals surface area (Å²) >= 11 is 1.62. The van der Waals surface area contributed by atoms with Crippen LogP contribution in [0.2, 0.25) is 0 Å². The van der Waals surface area contributed by atoms with Crippen molar-refractivity contribution in [2.45, 2.75) is 50.5 Å². The standard InChI is InChI=1S/C16H23NO2S/c1-16(2,3)19-14(18)10-20-13-9-8-11-6-4-5-7-12(11)15(13)17/h4-7,13,15H,8-10,17H2,1-3H3. The lowest BCUT2D eigenvalue weighted by Gasteiger charge is -2.30. The summed E-state index contributed by atoms with van der Waals surface area (Å²) in [6, 6.07) is 8.33. The maximum atomic E-state index is 11.8. The number of hydrogen-bond acceptors (Lipinski definition) is 4. The molecule has 0 heterocycles. The first-order chi connectivity index (χ1) is 9.37. The zero-order chi connectivity index (χ0) is 14.8. The van der Waals surface area contributed by atoms with E-state index >= 15 is 0 Å². The molecule has 0 spiro atoms. The lowest BCUT2D eigenvalue weighted by molar-refractivity contribution is -0.151. The summed E-state index contributed by atoms with van der Waals surface area (Å²) < 4.78 is 5.33. The molecule has 3 nitrogen and oxygen atoms in total. The highest BCUT2D eigenvalue weighted by Gasteiger charge is 2.28. The van der Waals surface area contributed by atoms with Crippen molar-refractivity contribution < 1.29 is 9.53 Å². The fraction of sp³-hybridized carbons (Fsp3) is 0.562. The molecule has 0 bridgehead atoms. The van der Waals surface area contributed by atoms with Gasteiger partial charge in [0.15, 0.2) is 0 Å². The number of carbonyl (C=O) groups excluding carboxylic acids is 1. The zero-order valence-corrected chi connectivity index (χ0v) is 13.2. The summed E-state index contributed by atoms with van der Waals surface area (Å²) in [5.41, 5.74) is 8.48. The summed E-state index contributed by atoms with van der Waals surface area (Å²) in [5.74, 6) is 0.214. The number of thioether (sulfide) groups is 1. The Bertz CT molecular complexity index is 482. The number of aryl methyl sites for hydroxylation is 1. The van der Waals surface area contributed by atoms with E-state index in [1.165, 1.54) is 11.1 Å². The molecule has 0 amide bonds. The Morgan fingerprint density at radius 1 is 1.40 bits per heavy atom. The molecule has 4 heteroatoms. The van der Waals surface area contributed by atoms with Crippen LogP contribution in [0, 0.1) is 0 Å². The minimum absolute atomic E-state index is 0.00684. The molecule has 0 saturated heterocycles. The van der Waals surface area contributed by atoms with Gasteiger partial charge in [0.25, 0.3) is 0 Å². The molecule has 0 fully saturated rings. The van der Waals surface area contributed by atoms with Crippen LogP contribution in [-0.4, -0.2) is 22.6 Å². The normalized spacial score (nSPS) is 22.2. The SMILES string of the molecule is CC(C)(C)OC(=O)CSC1CCc2ccccc2C1N. The van der Waals surface area contributed by atoms with Crippen LogP contribution in [0.15, 0.2) is 24.3 Å². The van der Waals surface area contributed by atoms with Gasteiger partial charge < -0.3 is 10.5 Å². The third-order valence-corrected chi connectivity index (χ3v) is 4.71. The highest BCUT2D eigenvalue weighted by molar-refractivity contribution is 8.00.